The van der Waals surface area contributed by atoms with Crippen molar-refractivity contribution in [2.45, 2.75) is 32.1 Å². The zero-order valence-electron chi connectivity index (χ0n) is 12.5. The van der Waals surface area contributed by atoms with Crippen LogP contribution in [0.5, 0.6) is 11.5 Å². The standard InChI is InChI=1S/C16H22ClNO3/c1-3-11(4-2)13(17)10-18-16(19)12-6-5-7-14-15(12)21-9-8-20-14/h5-7,11,13H,3-4,8-10H2,1-2H3,(H,18,19). The Kier molecular flexibility index (Phi) is 5.74. The molecule has 0 fully saturated rings. The monoisotopic (exact) mass is 311 g/mol. The van der Waals surface area contributed by atoms with Crippen molar-refractivity contribution >= 4 is 17.5 Å². The van der Waals surface area contributed by atoms with Crippen LogP contribution >= 0.6 is 11.6 Å². The van der Waals surface area contributed by atoms with Gasteiger partial charge >= 0.3 is 0 Å². The summed E-state index contributed by atoms with van der Waals surface area (Å²) in [6, 6.07) is 5.34. The van der Waals surface area contributed by atoms with E-state index in [0.29, 0.717) is 42.7 Å². The second-order valence-electron chi connectivity index (χ2n) is 5.13. The van der Waals surface area contributed by atoms with Crippen LogP contribution in [0.1, 0.15) is 37.0 Å². The maximum absolute atomic E-state index is 12.3. The fraction of sp³-hybridized carbons (Fsp3) is 0.562. The number of amides is 1. The topological polar surface area (TPSA) is 47.6 Å². The molecule has 0 bridgehead atoms. The Balaban J connectivity index is 2.01. The zero-order chi connectivity index (χ0) is 15.2. The lowest BCUT2D eigenvalue weighted by atomic mass is 9.99. The van der Waals surface area contributed by atoms with Crippen molar-refractivity contribution in [3.05, 3.63) is 23.8 Å². The fourth-order valence-corrected chi connectivity index (χ4v) is 2.94. The molecular weight excluding hydrogens is 290 g/mol. The molecule has 2 rings (SSSR count). The first-order valence-electron chi connectivity index (χ1n) is 7.48. The number of benzene rings is 1. The van der Waals surface area contributed by atoms with Gasteiger partial charge in [0.25, 0.3) is 5.91 Å². The first-order valence-corrected chi connectivity index (χ1v) is 7.91. The number of ether oxygens (including phenoxy) is 2. The normalized spacial score (nSPS) is 14.9. The molecule has 0 aliphatic carbocycles. The van der Waals surface area contributed by atoms with Gasteiger partial charge < -0.3 is 14.8 Å². The van der Waals surface area contributed by atoms with E-state index in [1.807, 2.05) is 0 Å². The minimum Gasteiger partial charge on any atom is -0.486 e. The van der Waals surface area contributed by atoms with Gasteiger partial charge in [-0.25, -0.2) is 0 Å². The van der Waals surface area contributed by atoms with Crippen LogP contribution in [-0.2, 0) is 0 Å². The summed E-state index contributed by atoms with van der Waals surface area (Å²) < 4.78 is 11.0. The number of hydrogen-bond acceptors (Lipinski definition) is 3. The van der Waals surface area contributed by atoms with E-state index in [1.54, 1.807) is 18.2 Å². The van der Waals surface area contributed by atoms with Crippen molar-refractivity contribution < 1.29 is 14.3 Å². The highest BCUT2D eigenvalue weighted by Crippen LogP contribution is 2.33. The van der Waals surface area contributed by atoms with E-state index >= 15 is 0 Å². The summed E-state index contributed by atoms with van der Waals surface area (Å²) in [6.07, 6.45) is 2.02. The number of fused-ring (bicyclic) bond motifs is 1. The van der Waals surface area contributed by atoms with Gasteiger partial charge in [0.05, 0.1) is 10.9 Å². The highest BCUT2D eigenvalue weighted by molar-refractivity contribution is 6.21. The van der Waals surface area contributed by atoms with Gasteiger partial charge in [-0.05, 0) is 18.1 Å². The molecule has 0 saturated carbocycles. The Labute approximate surface area is 130 Å². The summed E-state index contributed by atoms with van der Waals surface area (Å²) in [5.74, 6) is 1.39. The predicted molar refractivity (Wildman–Crippen MR) is 83.5 cm³/mol. The largest absolute Gasteiger partial charge is 0.486 e. The lowest BCUT2D eigenvalue weighted by molar-refractivity contribution is 0.0940. The van der Waals surface area contributed by atoms with Crippen LogP contribution in [0.2, 0.25) is 0 Å². The maximum Gasteiger partial charge on any atom is 0.255 e. The van der Waals surface area contributed by atoms with Crippen LogP contribution < -0.4 is 14.8 Å². The second kappa shape index (κ2) is 7.55. The Morgan fingerprint density at radius 1 is 1.29 bits per heavy atom. The van der Waals surface area contributed by atoms with Gasteiger partial charge in [-0.2, -0.15) is 0 Å². The molecule has 0 saturated heterocycles. The van der Waals surface area contributed by atoms with E-state index < -0.39 is 0 Å². The minimum absolute atomic E-state index is 0.0549. The van der Waals surface area contributed by atoms with Gasteiger partial charge in [0.15, 0.2) is 11.5 Å². The van der Waals surface area contributed by atoms with Crippen molar-refractivity contribution in [3.63, 3.8) is 0 Å². The van der Waals surface area contributed by atoms with Gasteiger partial charge in [-0.1, -0.05) is 32.8 Å². The summed E-state index contributed by atoms with van der Waals surface area (Å²) in [6.45, 7) is 5.66. The van der Waals surface area contributed by atoms with Crippen LogP contribution in [0.25, 0.3) is 0 Å². The molecule has 116 valence electrons. The number of rotatable bonds is 6. The molecule has 0 radical (unpaired) electrons. The van der Waals surface area contributed by atoms with Crippen molar-refractivity contribution in [1.82, 2.24) is 5.32 Å². The van der Waals surface area contributed by atoms with E-state index in [9.17, 15) is 4.79 Å². The predicted octanol–water partition coefficient (Wildman–Crippen LogP) is 3.23. The van der Waals surface area contributed by atoms with Gasteiger partial charge in [0, 0.05) is 6.54 Å². The Bertz CT molecular complexity index is 488. The van der Waals surface area contributed by atoms with Gasteiger partial charge in [0.1, 0.15) is 13.2 Å². The van der Waals surface area contributed by atoms with Crippen molar-refractivity contribution in [1.29, 1.82) is 0 Å². The summed E-state index contributed by atoms with van der Waals surface area (Å²) in [4.78, 5) is 12.3. The molecule has 1 aromatic rings. The Hall–Kier alpha value is -1.42. The van der Waals surface area contributed by atoms with E-state index in [-0.39, 0.29) is 11.3 Å². The summed E-state index contributed by atoms with van der Waals surface area (Å²) in [7, 11) is 0. The number of carbonyl (C=O) groups is 1. The van der Waals surface area contributed by atoms with Crippen LogP contribution in [-0.4, -0.2) is 31.0 Å². The fourth-order valence-electron chi connectivity index (χ4n) is 2.50. The molecule has 1 aromatic carbocycles. The average Bonchev–Trinajstić information content (AvgIpc) is 2.53. The number of nitrogens with one attached hydrogen (secondary N) is 1. The summed E-state index contributed by atoms with van der Waals surface area (Å²) in [5, 5.41) is 2.84. The van der Waals surface area contributed by atoms with Crippen molar-refractivity contribution in [2.24, 2.45) is 5.92 Å². The average molecular weight is 312 g/mol. The SMILES string of the molecule is CCC(CC)C(Cl)CNC(=O)c1cccc2c1OCCO2. The first-order chi connectivity index (χ1) is 10.2. The molecule has 1 heterocycles. The van der Waals surface area contributed by atoms with E-state index in [0.717, 1.165) is 12.8 Å². The Morgan fingerprint density at radius 3 is 2.71 bits per heavy atom. The molecule has 1 N–H and O–H groups in total. The Morgan fingerprint density at radius 2 is 2.00 bits per heavy atom. The van der Waals surface area contributed by atoms with Crippen molar-refractivity contribution in [2.75, 3.05) is 19.8 Å². The number of hydrogen-bond donors (Lipinski definition) is 1. The molecule has 0 aromatic heterocycles. The molecule has 4 nitrogen and oxygen atoms in total. The molecule has 21 heavy (non-hydrogen) atoms. The number of carbonyl (C=O) groups excluding carboxylic acids is 1. The molecule has 1 aliphatic heterocycles. The summed E-state index contributed by atoms with van der Waals surface area (Å²) in [5.41, 5.74) is 0.501. The van der Waals surface area contributed by atoms with Gasteiger partial charge in [-0.15, -0.1) is 11.6 Å². The van der Waals surface area contributed by atoms with Crippen LogP contribution in [0.3, 0.4) is 0 Å². The highest BCUT2D eigenvalue weighted by Gasteiger charge is 2.22. The number of alkyl halides is 1. The third-order valence-corrected chi connectivity index (χ3v) is 4.34. The third-order valence-electron chi connectivity index (χ3n) is 3.83. The van der Waals surface area contributed by atoms with E-state index in [1.165, 1.54) is 0 Å². The van der Waals surface area contributed by atoms with E-state index in [2.05, 4.69) is 19.2 Å². The smallest absolute Gasteiger partial charge is 0.255 e. The highest BCUT2D eigenvalue weighted by atomic mass is 35.5. The van der Waals surface area contributed by atoms with Crippen LogP contribution in [0.15, 0.2) is 18.2 Å². The molecular formula is C16H22ClNO3. The molecule has 1 aliphatic rings. The molecule has 0 spiro atoms. The quantitative estimate of drug-likeness (QED) is 0.821. The lowest BCUT2D eigenvalue weighted by Crippen LogP contribution is -2.33. The van der Waals surface area contributed by atoms with Crippen molar-refractivity contribution in [3.8, 4) is 11.5 Å². The van der Waals surface area contributed by atoms with E-state index in [4.69, 9.17) is 21.1 Å². The maximum atomic E-state index is 12.3. The third kappa shape index (κ3) is 3.82. The number of halogens is 1. The summed E-state index contributed by atoms with van der Waals surface area (Å²) >= 11 is 6.35. The minimum atomic E-state index is -0.172. The first kappa shape index (κ1) is 16.0. The zero-order valence-corrected chi connectivity index (χ0v) is 13.3. The second-order valence-corrected chi connectivity index (χ2v) is 5.69. The van der Waals surface area contributed by atoms with Crippen LogP contribution in [0, 0.1) is 5.92 Å². The molecule has 1 atom stereocenters. The number of para-hydroxylation sites is 1. The van der Waals surface area contributed by atoms with Gasteiger partial charge in [0.2, 0.25) is 0 Å². The van der Waals surface area contributed by atoms with Crippen LogP contribution in [0.4, 0.5) is 0 Å². The molecule has 1 amide bonds. The molecule has 1 unspecified atom stereocenters. The molecule has 5 heteroatoms. The lowest BCUT2D eigenvalue weighted by Gasteiger charge is -2.22. The van der Waals surface area contributed by atoms with Gasteiger partial charge in [-0.3, -0.25) is 4.79 Å².